The lowest BCUT2D eigenvalue weighted by Crippen LogP contribution is -2.50. The van der Waals surface area contributed by atoms with E-state index >= 15 is 0 Å². The zero-order chi connectivity index (χ0) is 15.2. The molecule has 0 aromatic rings. The maximum atomic E-state index is 3.72. The Morgan fingerprint density at radius 3 is 2.20 bits per heavy atom. The summed E-state index contributed by atoms with van der Waals surface area (Å²) < 4.78 is 0. The minimum atomic E-state index is 0.229. The monoisotopic (exact) mass is 282 g/mol. The first-order valence-corrected chi connectivity index (χ1v) is 8.84. The number of nitrogens with zero attached hydrogens (tertiary/aromatic N) is 1. The Balaban J connectivity index is 2.61. The predicted molar refractivity (Wildman–Crippen MR) is 90.3 cm³/mol. The Hall–Kier alpha value is -0.0800. The zero-order valence-corrected chi connectivity index (χ0v) is 14.8. The molecule has 1 rings (SSSR count). The molecule has 20 heavy (non-hydrogen) atoms. The molecule has 1 fully saturated rings. The second-order valence-electron chi connectivity index (χ2n) is 8.05. The summed E-state index contributed by atoms with van der Waals surface area (Å²) in [6, 6.07) is 1.55. The molecule has 1 atom stereocenters. The Bertz CT molecular complexity index is 249. The zero-order valence-electron chi connectivity index (χ0n) is 14.8. The minimum absolute atomic E-state index is 0.229. The summed E-state index contributed by atoms with van der Waals surface area (Å²) in [5.41, 5.74) is 0.229. The van der Waals surface area contributed by atoms with Gasteiger partial charge in [0.25, 0.3) is 0 Å². The van der Waals surface area contributed by atoms with Crippen molar-refractivity contribution in [2.24, 2.45) is 5.92 Å². The molecule has 0 aliphatic heterocycles. The fraction of sp³-hybridized carbons (Fsp3) is 1.00. The summed E-state index contributed by atoms with van der Waals surface area (Å²) in [7, 11) is 0. The lowest BCUT2D eigenvalue weighted by atomic mass is 10.0. The average Bonchev–Trinajstić information content (AvgIpc) is 2.85. The van der Waals surface area contributed by atoms with Crippen LogP contribution < -0.4 is 5.32 Å². The molecule has 2 nitrogen and oxygen atoms in total. The smallest absolute Gasteiger partial charge is 0.0221 e. The highest BCUT2D eigenvalue weighted by Crippen LogP contribution is 2.26. The quantitative estimate of drug-likeness (QED) is 0.708. The van der Waals surface area contributed by atoms with Gasteiger partial charge in [-0.3, -0.25) is 4.90 Å². The van der Waals surface area contributed by atoms with Crippen molar-refractivity contribution in [3.05, 3.63) is 0 Å². The van der Waals surface area contributed by atoms with E-state index < -0.39 is 0 Å². The fourth-order valence-electron chi connectivity index (χ4n) is 3.23. The molecule has 1 aliphatic rings. The molecule has 0 heterocycles. The van der Waals surface area contributed by atoms with Gasteiger partial charge in [-0.1, -0.05) is 33.6 Å². The van der Waals surface area contributed by atoms with Gasteiger partial charge in [-0.15, -0.1) is 0 Å². The van der Waals surface area contributed by atoms with Gasteiger partial charge >= 0.3 is 0 Å². The van der Waals surface area contributed by atoms with Crippen molar-refractivity contribution < 1.29 is 0 Å². The lowest BCUT2D eigenvalue weighted by Gasteiger charge is -2.38. The van der Waals surface area contributed by atoms with E-state index in [1.165, 1.54) is 45.1 Å². The molecule has 0 aromatic carbocycles. The van der Waals surface area contributed by atoms with Crippen LogP contribution >= 0.6 is 0 Å². The molecular formula is C18H38N2. The number of hydrogen-bond donors (Lipinski definition) is 1. The van der Waals surface area contributed by atoms with E-state index in [-0.39, 0.29) is 5.54 Å². The fourth-order valence-corrected chi connectivity index (χ4v) is 3.23. The van der Waals surface area contributed by atoms with Gasteiger partial charge in [-0.2, -0.15) is 0 Å². The minimum Gasteiger partial charge on any atom is -0.311 e. The van der Waals surface area contributed by atoms with Crippen LogP contribution in [0.1, 0.15) is 80.1 Å². The van der Waals surface area contributed by atoms with Gasteiger partial charge in [-0.05, 0) is 58.9 Å². The highest BCUT2D eigenvalue weighted by molar-refractivity contribution is 4.85. The van der Waals surface area contributed by atoms with E-state index in [1.54, 1.807) is 0 Å². The van der Waals surface area contributed by atoms with Gasteiger partial charge in [0.15, 0.2) is 0 Å². The Kier molecular flexibility index (Phi) is 7.53. The first kappa shape index (κ1) is 18.0. The van der Waals surface area contributed by atoms with Crippen LogP contribution in [-0.4, -0.2) is 35.6 Å². The molecule has 1 unspecified atom stereocenters. The summed E-state index contributed by atoms with van der Waals surface area (Å²) in [5.74, 6) is 0.812. The van der Waals surface area contributed by atoms with Crippen molar-refractivity contribution in [3.63, 3.8) is 0 Å². The van der Waals surface area contributed by atoms with Gasteiger partial charge < -0.3 is 5.32 Å². The maximum Gasteiger partial charge on any atom is 0.0221 e. The molecule has 2 heteroatoms. The van der Waals surface area contributed by atoms with Crippen LogP contribution in [0.25, 0.3) is 0 Å². The van der Waals surface area contributed by atoms with Crippen LogP contribution in [0.4, 0.5) is 0 Å². The molecule has 0 bridgehead atoms. The number of rotatable bonds is 8. The molecule has 1 N–H and O–H groups in total. The molecule has 1 saturated carbocycles. The van der Waals surface area contributed by atoms with E-state index in [2.05, 4.69) is 51.8 Å². The van der Waals surface area contributed by atoms with Gasteiger partial charge in [0.2, 0.25) is 0 Å². The van der Waals surface area contributed by atoms with Crippen LogP contribution in [0.15, 0.2) is 0 Å². The van der Waals surface area contributed by atoms with Crippen LogP contribution in [0.5, 0.6) is 0 Å². The summed E-state index contributed by atoms with van der Waals surface area (Å²) in [6.45, 7) is 16.3. The molecule has 120 valence electrons. The third kappa shape index (κ3) is 6.58. The molecule has 1 aliphatic carbocycles. The van der Waals surface area contributed by atoms with E-state index in [0.29, 0.717) is 6.04 Å². The van der Waals surface area contributed by atoms with Crippen LogP contribution in [0.3, 0.4) is 0 Å². The highest BCUT2D eigenvalue weighted by atomic mass is 15.2. The summed E-state index contributed by atoms with van der Waals surface area (Å²) in [5, 5.41) is 3.72. The van der Waals surface area contributed by atoms with E-state index in [9.17, 15) is 0 Å². The van der Waals surface area contributed by atoms with Crippen molar-refractivity contribution in [2.75, 3.05) is 13.1 Å². The third-order valence-electron chi connectivity index (χ3n) is 4.57. The normalized spacial score (nSPS) is 19.2. The van der Waals surface area contributed by atoms with Gasteiger partial charge in [0.1, 0.15) is 0 Å². The standard InChI is InChI=1S/C18H38N2/c1-7-16(14-19-18(4,5)6)20(13-12-15(2)3)17-10-8-9-11-17/h15-17,19H,7-14H2,1-6H3. The summed E-state index contributed by atoms with van der Waals surface area (Å²) in [4.78, 5) is 2.84. The first-order valence-electron chi connectivity index (χ1n) is 8.84. The van der Waals surface area contributed by atoms with Crippen molar-refractivity contribution in [1.82, 2.24) is 10.2 Å². The van der Waals surface area contributed by atoms with Crippen LogP contribution in [0, 0.1) is 5.92 Å². The highest BCUT2D eigenvalue weighted by Gasteiger charge is 2.28. The second-order valence-corrected chi connectivity index (χ2v) is 8.05. The van der Waals surface area contributed by atoms with E-state index in [1.807, 2.05) is 0 Å². The molecule has 0 amide bonds. The van der Waals surface area contributed by atoms with Crippen molar-refractivity contribution in [1.29, 1.82) is 0 Å². The summed E-state index contributed by atoms with van der Waals surface area (Å²) >= 11 is 0. The molecular weight excluding hydrogens is 244 g/mol. The van der Waals surface area contributed by atoms with Gasteiger partial charge in [0, 0.05) is 24.2 Å². The second kappa shape index (κ2) is 8.38. The van der Waals surface area contributed by atoms with Gasteiger partial charge in [0.05, 0.1) is 0 Å². The number of hydrogen-bond acceptors (Lipinski definition) is 2. The Labute approximate surface area is 127 Å². The van der Waals surface area contributed by atoms with Crippen molar-refractivity contribution in [2.45, 2.75) is 97.7 Å². The predicted octanol–water partition coefficient (Wildman–Crippen LogP) is 4.44. The van der Waals surface area contributed by atoms with E-state index in [4.69, 9.17) is 0 Å². The van der Waals surface area contributed by atoms with Crippen LogP contribution in [0.2, 0.25) is 0 Å². The molecule has 0 saturated heterocycles. The SMILES string of the molecule is CCC(CNC(C)(C)C)N(CCC(C)C)C1CCCC1. The van der Waals surface area contributed by atoms with Gasteiger partial charge in [-0.25, -0.2) is 0 Å². The van der Waals surface area contributed by atoms with Crippen LogP contribution in [-0.2, 0) is 0 Å². The Morgan fingerprint density at radius 1 is 1.15 bits per heavy atom. The van der Waals surface area contributed by atoms with Crippen molar-refractivity contribution in [3.8, 4) is 0 Å². The Morgan fingerprint density at radius 2 is 1.75 bits per heavy atom. The lowest BCUT2D eigenvalue weighted by molar-refractivity contribution is 0.116. The topological polar surface area (TPSA) is 15.3 Å². The number of nitrogens with one attached hydrogen (secondary N) is 1. The third-order valence-corrected chi connectivity index (χ3v) is 4.57. The average molecular weight is 283 g/mol. The molecule has 0 radical (unpaired) electrons. The molecule has 0 spiro atoms. The maximum absolute atomic E-state index is 3.72. The summed E-state index contributed by atoms with van der Waals surface area (Å²) in [6.07, 6.45) is 8.31. The van der Waals surface area contributed by atoms with Crippen molar-refractivity contribution >= 4 is 0 Å². The first-order chi connectivity index (χ1) is 9.33. The van der Waals surface area contributed by atoms with E-state index in [0.717, 1.165) is 18.5 Å². The largest absolute Gasteiger partial charge is 0.311 e. The molecule has 0 aromatic heterocycles.